The molecule has 1 fully saturated rings. The second-order valence-corrected chi connectivity index (χ2v) is 6.49. The highest BCUT2D eigenvalue weighted by Gasteiger charge is 2.35. The fourth-order valence-corrected chi connectivity index (χ4v) is 2.86. The summed E-state index contributed by atoms with van der Waals surface area (Å²) in [7, 11) is 0. The first kappa shape index (κ1) is 14.1. The largest absolute Gasteiger partial charge is 0.342 e. The molecule has 0 bridgehead atoms. The predicted octanol–water partition coefficient (Wildman–Crippen LogP) is 3.53. The average molecular weight is 259 g/mol. The summed E-state index contributed by atoms with van der Waals surface area (Å²) in [6, 6.07) is 8.34. The van der Waals surface area contributed by atoms with Gasteiger partial charge in [0.2, 0.25) is 5.91 Å². The van der Waals surface area contributed by atoms with Crippen LogP contribution in [-0.4, -0.2) is 23.9 Å². The Balaban J connectivity index is 2.18. The summed E-state index contributed by atoms with van der Waals surface area (Å²) in [5.41, 5.74) is 1.92. The van der Waals surface area contributed by atoms with Crippen LogP contribution in [0.4, 0.5) is 0 Å². The lowest BCUT2D eigenvalue weighted by Crippen LogP contribution is -2.47. The molecule has 1 amide bonds. The molecule has 2 heteroatoms. The van der Waals surface area contributed by atoms with Crippen LogP contribution in [0, 0.1) is 12.8 Å². The molecule has 1 aromatic rings. The molecule has 2 nitrogen and oxygen atoms in total. The molecule has 1 atom stereocenters. The Kier molecular flexibility index (Phi) is 3.98. The van der Waals surface area contributed by atoms with Crippen LogP contribution < -0.4 is 0 Å². The maximum Gasteiger partial charge on any atom is 0.232 e. The second-order valence-electron chi connectivity index (χ2n) is 6.49. The lowest BCUT2D eigenvalue weighted by molar-refractivity contribution is -0.138. The number of amides is 1. The molecule has 2 rings (SSSR count). The Morgan fingerprint density at radius 3 is 2.47 bits per heavy atom. The summed E-state index contributed by atoms with van der Waals surface area (Å²) in [5.74, 6) is 0.898. The van der Waals surface area contributed by atoms with Crippen LogP contribution in [0.1, 0.15) is 44.7 Å². The Morgan fingerprint density at radius 2 is 1.89 bits per heavy atom. The molecule has 1 saturated heterocycles. The van der Waals surface area contributed by atoms with E-state index in [1.54, 1.807) is 0 Å². The van der Waals surface area contributed by atoms with Gasteiger partial charge < -0.3 is 4.90 Å². The van der Waals surface area contributed by atoms with E-state index in [9.17, 15) is 4.79 Å². The lowest BCUT2D eigenvalue weighted by Gasteiger charge is -2.37. The van der Waals surface area contributed by atoms with Crippen LogP contribution in [0.25, 0.3) is 0 Å². The Hall–Kier alpha value is -1.31. The van der Waals surface area contributed by atoms with Crippen molar-refractivity contribution in [2.45, 2.75) is 46.0 Å². The first-order chi connectivity index (χ1) is 8.91. The molecule has 0 N–H and O–H groups in total. The number of hydrogen-bond donors (Lipinski definition) is 0. The van der Waals surface area contributed by atoms with E-state index in [-0.39, 0.29) is 5.91 Å². The summed E-state index contributed by atoms with van der Waals surface area (Å²) in [6.45, 7) is 10.2. The van der Waals surface area contributed by atoms with Crippen LogP contribution in [0.2, 0.25) is 0 Å². The van der Waals surface area contributed by atoms with Crippen molar-refractivity contribution in [1.82, 2.24) is 4.90 Å². The van der Waals surface area contributed by atoms with Gasteiger partial charge in [0.05, 0.1) is 5.41 Å². The first-order valence-electron chi connectivity index (χ1n) is 7.28. The van der Waals surface area contributed by atoms with Gasteiger partial charge in [-0.05, 0) is 45.1 Å². The topological polar surface area (TPSA) is 20.3 Å². The van der Waals surface area contributed by atoms with Gasteiger partial charge in [-0.15, -0.1) is 0 Å². The molecule has 0 aliphatic carbocycles. The number of nitrogens with zero attached hydrogens (tertiary/aromatic N) is 1. The molecular formula is C17H25NO. The zero-order valence-electron chi connectivity index (χ0n) is 12.6. The normalized spacial score (nSPS) is 20.4. The minimum absolute atomic E-state index is 0.267. The minimum atomic E-state index is -0.426. The van der Waals surface area contributed by atoms with Crippen LogP contribution in [0.5, 0.6) is 0 Å². The highest BCUT2D eigenvalue weighted by molar-refractivity contribution is 5.87. The van der Waals surface area contributed by atoms with Crippen LogP contribution in [0.3, 0.4) is 0 Å². The highest BCUT2D eigenvalue weighted by atomic mass is 16.2. The van der Waals surface area contributed by atoms with Crippen molar-refractivity contribution in [1.29, 1.82) is 0 Å². The van der Waals surface area contributed by atoms with Gasteiger partial charge in [-0.3, -0.25) is 4.79 Å². The van der Waals surface area contributed by atoms with Crippen LogP contribution in [-0.2, 0) is 10.2 Å². The Morgan fingerprint density at radius 1 is 1.26 bits per heavy atom. The van der Waals surface area contributed by atoms with Gasteiger partial charge in [0, 0.05) is 13.1 Å². The quantitative estimate of drug-likeness (QED) is 0.795. The van der Waals surface area contributed by atoms with Crippen LogP contribution in [0.15, 0.2) is 24.3 Å². The van der Waals surface area contributed by atoms with Gasteiger partial charge in [-0.25, -0.2) is 0 Å². The van der Waals surface area contributed by atoms with Gasteiger partial charge in [0.15, 0.2) is 0 Å². The standard InChI is InChI=1S/C17H25NO/c1-13-7-9-15(10-8-13)17(3,4)16(19)18-11-5-6-14(2)12-18/h7-10,14H,5-6,11-12H2,1-4H3. The molecule has 0 spiro atoms. The van der Waals surface area contributed by atoms with Gasteiger partial charge in [0.1, 0.15) is 0 Å². The van der Waals surface area contributed by atoms with E-state index < -0.39 is 5.41 Å². The van der Waals surface area contributed by atoms with Gasteiger partial charge >= 0.3 is 0 Å². The maximum absolute atomic E-state index is 12.8. The molecule has 1 aliphatic rings. The molecule has 0 radical (unpaired) electrons. The molecule has 0 aromatic heterocycles. The molecule has 0 saturated carbocycles. The molecule has 1 unspecified atom stereocenters. The summed E-state index contributed by atoms with van der Waals surface area (Å²) in [4.78, 5) is 14.8. The number of benzene rings is 1. The number of aryl methyl sites for hydroxylation is 1. The van der Waals surface area contributed by atoms with E-state index in [2.05, 4.69) is 38.1 Å². The summed E-state index contributed by atoms with van der Waals surface area (Å²) < 4.78 is 0. The average Bonchev–Trinajstić information content (AvgIpc) is 2.38. The van der Waals surface area contributed by atoms with Crippen molar-refractivity contribution < 1.29 is 4.79 Å². The van der Waals surface area contributed by atoms with E-state index >= 15 is 0 Å². The van der Waals surface area contributed by atoms with Crippen molar-refractivity contribution in [2.24, 2.45) is 5.92 Å². The second kappa shape index (κ2) is 5.36. The monoisotopic (exact) mass is 259 g/mol. The van der Waals surface area contributed by atoms with E-state index in [0.717, 1.165) is 25.1 Å². The lowest BCUT2D eigenvalue weighted by atomic mass is 9.82. The number of piperidine rings is 1. The van der Waals surface area contributed by atoms with E-state index in [1.807, 2.05) is 18.7 Å². The van der Waals surface area contributed by atoms with Crippen molar-refractivity contribution in [3.05, 3.63) is 35.4 Å². The van der Waals surface area contributed by atoms with Gasteiger partial charge in [-0.1, -0.05) is 36.8 Å². The smallest absolute Gasteiger partial charge is 0.232 e. The minimum Gasteiger partial charge on any atom is -0.342 e. The van der Waals surface area contributed by atoms with E-state index in [4.69, 9.17) is 0 Å². The van der Waals surface area contributed by atoms with Gasteiger partial charge in [-0.2, -0.15) is 0 Å². The number of hydrogen-bond acceptors (Lipinski definition) is 1. The summed E-state index contributed by atoms with van der Waals surface area (Å²) >= 11 is 0. The summed E-state index contributed by atoms with van der Waals surface area (Å²) in [6.07, 6.45) is 2.38. The first-order valence-corrected chi connectivity index (χ1v) is 7.28. The molecule has 1 heterocycles. The molecular weight excluding hydrogens is 234 g/mol. The van der Waals surface area contributed by atoms with Gasteiger partial charge in [0.25, 0.3) is 0 Å². The number of carbonyl (C=O) groups is 1. The fraction of sp³-hybridized carbons (Fsp3) is 0.588. The predicted molar refractivity (Wildman–Crippen MR) is 79.2 cm³/mol. The highest BCUT2D eigenvalue weighted by Crippen LogP contribution is 2.28. The van der Waals surface area contributed by atoms with Crippen LogP contribution >= 0.6 is 0 Å². The third-order valence-electron chi connectivity index (χ3n) is 4.25. The van der Waals surface area contributed by atoms with E-state index in [1.165, 1.54) is 12.0 Å². The maximum atomic E-state index is 12.8. The number of carbonyl (C=O) groups excluding carboxylic acids is 1. The fourth-order valence-electron chi connectivity index (χ4n) is 2.86. The third kappa shape index (κ3) is 2.99. The number of rotatable bonds is 2. The van der Waals surface area contributed by atoms with Crippen molar-refractivity contribution in [3.63, 3.8) is 0 Å². The SMILES string of the molecule is Cc1ccc(C(C)(C)C(=O)N2CCCC(C)C2)cc1. The Bertz CT molecular complexity index is 447. The molecule has 19 heavy (non-hydrogen) atoms. The zero-order chi connectivity index (χ0) is 14.0. The Labute approximate surface area is 116 Å². The van der Waals surface area contributed by atoms with Crippen molar-refractivity contribution in [2.75, 3.05) is 13.1 Å². The molecule has 1 aliphatic heterocycles. The summed E-state index contributed by atoms with van der Waals surface area (Å²) in [5, 5.41) is 0. The molecule has 1 aromatic carbocycles. The third-order valence-corrected chi connectivity index (χ3v) is 4.25. The zero-order valence-corrected chi connectivity index (χ0v) is 12.6. The van der Waals surface area contributed by atoms with E-state index in [0.29, 0.717) is 5.92 Å². The number of likely N-dealkylation sites (tertiary alicyclic amines) is 1. The van der Waals surface area contributed by atoms with Crippen molar-refractivity contribution in [3.8, 4) is 0 Å². The van der Waals surface area contributed by atoms with Crippen molar-refractivity contribution >= 4 is 5.91 Å². The molecule has 104 valence electrons.